The molecule has 1 amide bonds. The molecule has 2 N–H and O–H groups in total. The van der Waals surface area contributed by atoms with Crippen LogP contribution in [0, 0.1) is 12.8 Å². The van der Waals surface area contributed by atoms with Gasteiger partial charge in [-0.1, -0.05) is 0 Å². The average molecular weight is 458 g/mol. The van der Waals surface area contributed by atoms with Gasteiger partial charge >= 0.3 is 12.3 Å². The van der Waals surface area contributed by atoms with Crippen LogP contribution in [0.25, 0.3) is 0 Å². The molecule has 0 atom stereocenters. The molecule has 1 saturated carbocycles. The van der Waals surface area contributed by atoms with Crippen LogP contribution >= 0.6 is 0 Å². The maximum atomic E-state index is 12.9. The fourth-order valence-electron chi connectivity index (χ4n) is 4.23. The van der Waals surface area contributed by atoms with E-state index in [-0.39, 0.29) is 31.0 Å². The summed E-state index contributed by atoms with van der Waals surface area (Å²) < 4.78 is 44.0. The van der Waals surface area contributed by atoms with Crippen molar-refractivity contribution in [2.75, 3.05) is 23.3 Å². The normalized spacial score (nSPS) is 23.0. The lowest BCUT2D eigenvalue weighted by Crippen LogP contribution is -2.42. The largest absolute Gasteiger partial charge is 0.444 e. The molecule has 32 heavy (non-hydrogen) atoms. The number of carbonyl (C=O) groups is 1. The van der Waals surface area contributed by atoms with Crippen molar-refractivity contribution in [1.29, 1.82) is 0 Å². The summed E-state index contributed by atoms with van der Waals surface area (Å²) in [6.45, 7) is 8.02. The lowest BCUT2D eigenvalue weighted by molar-refractivity contribution is -0.179. The van der Waals surface area contributed by atoms with E-state index >= 15 is 0 Å². The topological polar surface area (TPSA) is 79.4 Å². The third-order valence-electron chi connectivity index (χ3n) is 6.01. The minimum atomic E-state index is -4.13. The Kier molecular flexibility index (Phi) is 7.39. The van der Waals surface area contributed by atoms with Crippen molar-refractivity contribution in [1.82, 2.24) is 15.3 Å². The van der Waals surface area contributed by atoms with Gasteiger partial charge in [0.25, 0.3) is 0 Å². The Bertz CT molecular complexity index is 781. The first-order chi connectivity index (χ1) is 14.9. The number of alkyl carbamates (subject to hydrolysis) is 1. The number of alkyl halides is 3. The Morgan fingerprint density at radius 1 is 1.06 bits per heavy atom. The second kappa shape index (κ2) is 9.70. The zero-order valence-electron chi connectivity index (χ0n) is 19.3. The van der Waals surface area contributed by atoms with E-state index in [9.17, 15) is 18.0 Å². The van der Waals surface area contributed by atoms with Crippen molar-refractivity contribution in [3.63, 3.8) is 0 Å². The first-order valence-corrected chi connectivity index (χ1v) is 11.3. The monoisotopic (exact) mass is 457 g/mol. The molecule has 1 aliphatic heterocycles. The molecule has 1 aliphatic carbocycles. The summed E-state index contributed by atoms with van der Waals surface area (Å²) in [7, 11) is 0. The summed E-state index contributed by atoms with van der Waals surface area (Å²) in [6, 6.07) is 0.351. The average Bonchev–Trinajstić information content (AvgIpc) is 2.69. The highest BCUT2D eigenvalue weighted by Crippen LogP contribution is 2.35. The number of aryl methyl sites for hydroxylation is 1. The highest BCUT2D eigenvalue weighted by atomic mass is 19.4. The Hall–Kier alpha value is -2.26. The fraction of sp³-hybridized carbons (Fsp3) is 0.773. The molecule has 0 aromatic carbocycles. The molecule has 10 heteroatoms. The van der Waals surface area contributed by atoms with Gasteiger partial charge in [-0.3, -0.25) is 0 Å². The molecule has 0 bridgehead atoms. The second-order valence-corrected chi connectivity index (χ2v) is 9.81. The number of halogens is 3. The molecule has 2 fully saturated rings. The van der Waals surface area contributed by atoms with Gasteiger partial charge in [0.05, 0.1) is 23.5 Å². The molecule has 2 aliphatic rings. The standard InChI is InChI=1S/C22H34F3N5O2/c1-14-18(13-26-19(27-14)30-11-9-15(10-12-30)22(23,24)25)28-16-5-7-17(8-6-16)29-20(31)32-21(2,3)4/h13,15-17,28H,5-12H2,1-4H3,(H,29,31). The smallest absolute Gasteiger partial charge is 0.407 e. The van der Waals surface area contributed by atoms with E-state index in [2.05, 4.69) is 20.6 Å². The van der Waals surface area contributed by atoms with Gasteiger partial charge in [0.2, 0.25) is 5.95 Å². The van der Waals surface area contributed by atoms with E-state index in [1.807, 2.05) is 32.6 Å². The van der Waals surface area contributed by atoms with Crippen LogP contribution in [0.5, 0.6) is 0 Å². The number of nitrogens with zero attached hydrogens (tertiary/aromatic N) is 3. The number of rotatable bonds is 4. The number of aromatic nitrogens is 2. The van der Waals surface area contributed by atoms with Crippen LogP contribution < -0.4 is 15.5 Å². The lowest BCUT2D eigenvalue weighted by atomic mass is 9.91. The highest BCUT2D eigenvalue weighted by molar-refractivity contribution is 5.68. The summed E-state index contributed by atoms with van der Waals surface area (Å²) >= 11 is 0. The minimum absolute atomic E-state index is 0.0759. The first-order valence-electron chi connectivity index (χ1n) is 11.3. The maximum Gasteiger partial charge on any atom is 0.407 e. The Morgan fingerprint density at radius 2 is 1.66 bits per heavy atom. The van der Waals surface area contributed by atoms with E-state index < -0.39 is 17.7 Å². The fourth-order valence-corrected chi connectivity index (χ4v) is 4.23. The molecule has 3 rings (SSSR count). The van der Waals surface area contributed by atoms with Crippen molar-refractivity contribution >= 4 is 17.7 Å². The van der Waals surface area contributed by atoms with Crippen LogP contribution in [0.15, 0.2) is 6.20 Å². The quantitative estimate of drug-likeness (QED) is 0.676. The molecule has 1 aromatic rings. The maximum absolute atomic E-state index is 12.9. The Balaban J connectivity index is 1.47. The molecule has 1 aromatic heterocycles. The molecule has 0 unspecified atom stereocenters. The lowest BCUT2D eigenvalue weighted by Gasteiger charge is -2.33. The molecule has 1 saturated heterocycles. The predicted octanol–water partition coefficient (Wildman–Crippen LogP) is 4.81. The third-order valence-corrected chi connectivity index (χ3v) is 6.01. The van der Waals surface area contributed by atoms with Gasteiger partial charge in [0, 0.05) is 25.2 Å². The van der Waals surface area contributed by atoms with Crippen molar-refractivity contribution in [3.8, 4) is 0 Å². The van der Waals surface area contributed by atoms with Gasteiger partial charge in [-0.05, 0) is 66.2 Å². The number of nitrogens with one attached hydrogen (secondary N) is 2. The zero-order chi connectivity index (χ0) is 23.5. The number of amides is 1. The van der Waals surface area contributed by atoms with Crippen LogP contribution in [-0.4, -0.2) is 53.0 Å². The molecule has 7 nitrogen and oxygen atoms in total. The predicted molar refractivity (Wildman–Crippen MR) is 117 cm³/mol. The van der Waals surface area contributed by atoms with Gasteiger partial charge < -0.3 is 20.3 Å². The van der Waals surface area contributed by atoms with Crippen molar-refractivity contribution in [3.05, 3.63) is 11.9 Å². The van der Waals surface area contributed by atoms with Crippen LogP contribution in [-0.2, 0) is 4.74 Å². The summed E-state index contributed by atoms with van der Waals surface area (Å²) in [5, 5.41) is 6.42. The van der Waals surface area contributed by atoms with E-state index in [1.54, 1.807) is 6.20 Å². The van der Waals surface area contributed by atoms with Crippen LogP contribution in [0.2, 0.25) is 0 Å². The third kappa shape index (κ3) is 6.87. The molecule has 2 heterocycles. The number of piperidine rings is 1. The second-order valence-electron chi connectivity index (χ2n) is 9.81. The summed E-state index contributed by atoms with van der Waals surface area (Å²) in [5.41, 5.74) is 1.10. The minimum Gasteiger partial charge on any atom is -0.444 e. The van der Waals surface area contributed by atoms with Gasteiger partial charge in [-0.15, -0.1) is 0 Å². The molecular formula is C22H34F3N5O2. The number of carbonyl (C=O) groups excluding carboxylic acids is 1. The van der Waals surface area contributed by atoms with Gasteiger partial charge in [-0.2, -0.15) is 13.2 Å². The first kappa shape index (κ1) is 24.4. The molecule has 0 spiro atoms. The number of hydrogen-bond acceptors (Lipinski definition) is 6. The van der Waals surface area contributed by atoms with Crippen molar-refractivity contribution in [2.24, 2.45) is 5.92 Å². The molecule has 0 radical (unpaired) electrons. The number of anilines is 2. The van der Waals surface area contributed by atoms with Crippen LogP contribution in [0.1, 0.15) is 65.0 Å². The Morgan fingerprint density at radius 3 is 2.19 bits per heavy atom. The highest BCUT2D eigenvalue weighted by Gasteiger charge is 2.41. The van der Waals surface area contributed by atoms with Gasteiger partial charge in [-0.25, -0.2) is 14.8 Å². The van der Waals surface area contributed by atoms with E-state index in [0.29, 0.717) is 19.0 Å². The van der Waals surface area contributed by atoms with E-state index in [1.165, 1.54) is 0 Å². The van der Waals surface area contributed by atoms with Crippen molar-refractivity contribution in [2.45, 2.75) is 90.1 Å². The van der Waals surface area contributed by atoms with Crippen LogP contribution in [0.3, 0.4) is 0 Å². The number of hydrogen-bond donors (Lipinski definition) is 2. The summed E-state index contributed by atoms with van der Waals surface area (Å²) in [5.74, 6) is -0.750. The summed E-state index contributed by atoms with van der Waals surface area (Å²) in [6.07, 6.45) is 0.856. The Labute approximate surface area is 187 Å². The van der Waals surface area contributed by atoms with Gasteiger partial charge in [0.1, 0.15) is 5.60 Å². The molecular weight excluding hydrogens is 423 g/mol. The van der Waals surface area contributed by atoms with Gasteiger partial charge in [0.15, 0.2) is 0 Å². The van der Waals surface area contributed by atoms with E-state index in [0.717, 1.165) is 37.1 Å². The summed E-state index contributed by atoms with van der Waals surface area (Å²) in [4.78, 5) is 22.7. The molecule has 180 valence electrons. The SMILES string of the molecule is Cc1nc(N2CCC(C(F)(F)F)CC2)ncc1NC1CCC(NC(=O)OC(C)(C)C)CC1. The van der Waals surface area contributed by atoms with Crippen LogP contribution in [0.4, 0.5) is 29.6 Å². The van der Waals surface area contributed by atoms with E-state index in [4.69, 9.17) is 4.74 Å². The van der Waals surface area contributed by atoms with Crippen molar-refractivity contribution < 1.29 is 22.7 Å². The zero-order valence-corrected chi connectivity index (χ0v) is 19.3. The number of ether oxygens (including phenoxy) is 1.